The van der Waals surface area contributed by atoms with Gasteiger partial charge in [-0.15, -0.1) is 0 Å². The second-order valence-corrected chi connectivity index (χ2v) is 13.7. The van der Waals surface area contributed by atoms with E-state index in [0.29, 0.717) is 24.1 Å². The SMILES string of the molecule is Cn1c(O)c(C(=NC[C@@H]2c3ccccc3C(=O)N(CCc3ccccc3)[C@H]2c2ccc3c(c2)c2ccccc2n3C)c2ccccc2)c(=O)n(C)c1=O. The van der Waals surface area contributed by atoms with Gasteiger partial charge in [0.1, 0.15) is 5.56 Å². The van der Waals surface area contributed by atoms with Gasteiger partial charge in [0.2, 0.25) is 5.88 Å². The summed E-state index contributed by atoms with van der Waals surface area (Å²) in [7, 11) is 4.89. The third kappa shape index (κ3) is 5.74. The number of hydrogen-bond acceptors (Lipinski definition) is 5. The van der Waals surface area contributed by atoms with Crippen molar-refractivity contribution in [2.45, 2.75) is 18.4 Å². The number of para-hydroxylation sites is 1. The number of amides is 1. The molecule has 9 heteroatoms. The minimum Gasteiger partial charge on any atom is -0.494 e. The van der Waals surface area contributed by atoms with Gasteiger partial charge in [-0.2, -0.15) is 0 Å². The lowest BCUT2D eigenvalue weighted by Gasteiger charge is -2.42. The molecule has 7 aromatic rings. The molecule has 0 aliphatic carbocycles. The Hall–Kier alpha value is -6.48. The van der Waals surface area contributed by atoms with Gasteiger partial charge in [0.15, 0.2) is 0 Å². The van der Waals surface area contributed by atoms with Crippen LogP contribution in [0.2, 0.25) is 0 Å². The number of aromatic nitrogens is 3. The Labute approximate surface area is 306 Å². The van der Waals surface area contributed by atoms with E-state index in [0.717, 1.165) is 47.6 Å². The Bertz CT molecular complexity index is 2670. The third-order valence-corrected chi connectivity index (χ3v) is 10.7. The minimum atomic E-state index is -0.644. The summed E-state index contributed by atoms with van der Waals surface area (Å²) in [5.41, 5.74) is 5.35. The van der Waals surface area contributed by atoms with E-state index in [2.05, 4.69) is 54.1 Å². The van der Waals surface area contributed by atoms with Crippen LogP contribution in [0.3, 0.4) is 0 Å². The highest BCUT2D eigenvalue weighted by Gasteiger charge is 2.40. The van der Waals surface area contributed by atoms with Crippen LogP contribution in [0.1, 0.15) is 50.1 Å². The summed E-state index contributed by atoms with van der Waals surface area (Å²) < 4.78 is 4.23. The molecule has 1 aliphatic heterocycles. The molecule has 53 heavy (non-hydrogen) atoms. The lowest BCUT2D eigenvalue weighted by molar-refractivity contribution is 0.0614. The van der Waals surface area contributed by atoms with E-state index in [1.165, 1.54) is 14.1 Å². The van der Waals surface area contributed by atoms with Crippen molar-refractivity contribution < 1.29 is 9.90 Å². The average Bonchev–Trinajstić information content (AvgIpc) is 3.48. The van der Waals surface area contributed by atoms with Gasteiger partial charge >= 0.3 is 5.69 Å². The highest BCUT2D eigenvalue weighted by atomic mass is 16.3. The van der Waals surface area contributed by atoms with Gasteiger partial charge in [-0.1, -0.05) is 103 Å². The van der Waals surface area contributed by atoms with E-state index in [-0.39, 0.29) is 29.6 Å². The van der Waals surface area contributed by atoms with Crippen LogP contribution in [-0.4, -0.2) is 48.4 Å². The fraction of sp³-hybridized carbons (Fsp3) is 0.182. The van der Waals surface area contributed by atoms with Gasteiger partial charge in [-0.25, -0.2) is 4.79 Å². The predicted octanol–water partition coefficient (Wildman–Crippen LogP) is 6.50. The minimum absolute atomic E-state index is 0.0485. The van der Waals surface area contributed by atoms with E-state index < -0.39 is 23.2 Å². The topological polar surface area (TPSA) is 102 Å². The predicted molar refractivity (Wildman–Crippen MR) is 209 cm³/mol. The highest BCUT2D eigenvalue weighted by molar-refractivity contribution is 6.14. The standard InChI is InChI=1S/C44H39N5O4/c1-46-36-21-13-12-19-32(36)34-26-30(22-23-37(34)46)40-35(31-18-10-11-20-33(31)41(50)49(40)25-24-28-14-6-4-7-15-28)27-45-39(29-16-8-5-9-17-29)38-42(51)47(2)44(53)48(3)43(38)52/h4-23,26,35,40,51H,24-25,27H2,1-3H3/t35-,40+/m1/s1. The zero-order valence-corrected chi connectivity index (χ0v) is 29.8. The van der Waals surface area contributed by atoms with Crippen LogP contribution in [0.4, 0.5) is 0 Å². The van der Waals surface area contributed by atoms with Crippen molar-refractivity contribution in [1.29, 1.82) is 0 Å². The Morgan fingerprint density at radius 2 is 1.36 bits per heavy atom. The van der Waals surface area contributed by atoms with E-state index in [1.54, 1.807) is 0 Å². The second kappa shape index (κ2) is 13.6. The molecule has 0 radical (unpaired) electrons. The van der Waals surface area contributed by atoms with E-state index >= 15 is 0 Å². The molecule has 0 spiro atoms. The molecule has 1 N–H and O–H groups in total. The van der Waals surface area contributed by atoms with Crippen molar-refractivity contribution in [2.75, 3.05) is 13.1 Å². The second-order valence-electron chi connectivity index (χ2n) is 13.7. The van der Waals surface area contributed by atoms with E-state index in [9.17, 15) is 19.5 Å². The molecule has 0 unspecified atom stereocenters. The van der Waals surface area contributed by atoms with Crippen molar-refractivity contribution in [3.05, 3.63) is 182 Å². The summed E-state index contributed by atoms with van der Waals surface area (Å²) in [6, 6.07) is 41.5. The van der Waals surface area contributed by atoms with Crippen LogP contribution in [-0.2, 0) is 27.6 Å². The van der Waals surface area contributed by atoms with Crippen molar-refractivity contribution in [2.24, 2.45) is 26.1 Å². The van der Waals surface area contributed by atoms with Gasteiger partial charge in [0.05, 0.1) is 11.8 Å². The number of carbonyl (C=O) groups is 1. The molecule has 0 fully saturated rings. The third-order valence-electron chi connectivity index (χ3n) is 10.7. The molecule has 3 heterocycles. The first-order chi connectivity index (χ1) is 25.7. The monoisotopic (exact) mass is 701 g/mol. The molecule has 8 rings (SSSR count). The first kappa shape index (κ1) is 33.7. The van der Waals surface area contributed by atoms with Crippen LogP contribution < -0.4 is 11.2 Å². The maximum Gasteiger partial charge on any atom is 0.333 e. The Morgan fingerprint density at radius 1 is 0.698 bits per heavy atom. The molecular weight excluding hydrogens is 663 g/mol. The van der Waals surface area contributed by atoms with Crippen molar-refractivity contribution in [1.82, 2.24) is 18.6 Å². The molecule has 5 aromatic carbocycles. The number of aryl methyl sites for hydroxylation is 1. The summed E-state index contributed by atoms with van der Waals surface area (Å²) in [5.74, 6) is -0.834. The Balaban J connectivity index is 1.34. The Morgan fingerprint density at radius 3 is 2.13 bits per heavy atom. The first-order valence-electron chi connectivity index (χ1n) is 17.7. The zero-order valence-electron chi connectivity index (χ0n) is 29.8. The number of rotatable bonds is 8. The molecule has 2 atom stereocenters. The van der Waals surface area contributed by atoms with E-state index in [4.69, 9.17) is 4.99 Å². The van der Waals surface area contributed by atoms with Gasteiger partial charge in [0, 0.05) is 73.1 Å². The number of nitrogens with zero attached hydrogens (tertiary/aromatic N) is 5. The Kier molecular flexibility index (Phi) is 8.62. The van der Waals surface area contributed by atoms with Crippen LogP contribution in [0.15, 0.2) is 142 Å². The molecule has 264 valence electrons. The van der Waals surface area contributed by atoms with Crippen LogP contribution in [0.5, 0.6) is 5.88 Å². The highest BCUT2D eigenvalue weighted by Crippen LogP contribution is 2.44. The number of hydrogen-bond donors (Lipinski definition) is 1. The molecule has 0 saturated heterocycles. The summed E-state index contributed by atoms with van der Waals surface area (Å²) in [4.78, 5) is 48.2. The van der Waals surface area contributed by atoms with Crippen molar-refractivity contribution >= 4 is 33.4 Å². The zero-order chi connectivity index (χ0) is 36.8. The molecule has 1 aliphatic rings. The summed E-state index contributed by atoms with van der Waals surface area (Å²) in [5, 5.41) is 13.5. The van der Waals surface area contributed by atoms with Gasteiger partial charge in [-0.3, -0.25) is 23.7 Å². The lowest BCUT2D eigenvalue weighted by atomic mass is 9.79. The fourth-order valence-corrected chi connectivity index (χ4v) is 7.94. The summed E-state index contributed by atoms with van der Waals surface area (Å²) in [6.45, 7) is 0.656. The number of carbonyl (C=O) groups excluding carboxylic acids is 1. The molecule has 0 saturated carbocycles. The molecule has 1 amide bonds. The number of fused-ring (bicyclic) bond motifs is 4. The molecule has 9 nitrogen and oxygen atoms in total. The van der Waals surface area contributed by atoms with Crippen LogP contribution in [0.25, 0.3) is 21.8 Å². The van der Waals surface area contributed by atoms with Crippen LogP contribution in [0, 0.1) is 0 Å². The van der Waals surface area contributed by atoms with Gasteiger partial charge < -0.3 is 14.6 Å². The van der Waals surface area contributed by atoms with Crippen molar-refractivity contribution in [3.8, 4) is 5.88 Å². The number of aliphatic imine (C=N–C) groups is 1. The maximum absolute atomic E-state index is 14.6. The van der Waals surface area contributed by atoms with Crippen LogP contribution >= 0.6 is 0 Å². The lowest BCUT2D eigenvalue weighted by Crippen LogP contribution is -2.44. The largest absolute Gasteiger partial charge is 0.494 e. The van der Waals surface area contributed by atoms with Gasteiger partial charge in [0.25, 0.3) is 11.5 Å². The summed E-state index contributed by atoms with van der Waals surface area (Å²) in [6.07, 6.45) is 0.662. The normalized spacial score (nSPS) is 16.0. The average molecular weight is 702 g/mol. The molecular formula is C44H39N5O4. The molecule has 2 aromatic heterocycles. The van der Waals surface area contributed by atoms with E-state index in [1.807, 2.05) is 89.8 Å². The summed E-state index contributed by atoms with van der Waals surface area (Å²) >= 11 is 0. The maximum atomic E-state index is 14.6. The first-order valence-corrected chi connectivity index (χ1v) is 17.7. The van der Waals surface area contributed by atoms with Gasteiger partial charge in [-0.05, 0) is 47.4 Å². The smallest absolute Gasteiger partial charge is 0.333 e. The molecule has 0 bridgehead atoms. The quantitative estimate of drug-likeness (QED) is 0.183. The number of aromatic hydroxyl groups is 1. The van der Waals surface area contributed by atoms with Crippen molar-refractivity contribution in [3.63, 3.8) is 0 Å². The fourth-order valence-electron chi connectivity index (χ4n) is 7.94. The number of benzene rings is 5.